The van der Waals surface area contributed by atoms with Crippen LogP contribution in [0.15, 0.2) is 16.7 Å². The van der Waals surface area contributed by atoms with Crippen molar-refractivity contribution in [1.29, 1.82) is 0 Å². The maximum Gasteiger partial charge on any atom is 0.407 e. The number of carboxylic acid groups (broad SMARTS) is 1. The van der Waals surface area contributed by atoms with Gasteiger partial charge in [-0.15, -0.1) is 0 Å². The first-order chi connectivity index (χ1) is 13.2. The van der Waals surface area contributed by atoms with E-state index >= 15 is 0 Å². The molecule has 2 N–H and O–H groups in total. The number of hydrogen-bond acceptors (Lipinski definition) is 6. The number of aromatic nitrogens is 1. The normalized spacial score (nSPS) is 19.9. The number of aliphatic hydroxyl groups is 1. The number of piperazine rings is 1. The van der Waals surface area contributed by atoms with Crippen molar-refractivity contribution in [2.45, 2.75) is 19.0 Å². The fourth-order valence-electron chi connectivity index (χ4n) is 3.39. The Bertz CT molecular complexity index is 978. The minimum absolute atomic E-state index is 0.00585. The Hall–Kier alpha value is -2.24. The van der Waals surface area contributed by atoms with Crippen molar-refractivity contribution < 1.29 is 24.3 Å². The molecule has 1 saturated heterocycles. The van der Waals surface area contributed by atoms with E-state index in [0.29, 0.717) is 0 Å². The molecule has 12 heteroatoms. The maximum absolute atomic E-state index is 14.6. The molecule has 28 heavy (non-hydrogen) atoms. The molecular weight excluding hydrogens is 463 g/mol. The fraction of sp³-hybridized carbons (Fsp3) is 0.375. The van der Waals surface area contributed by atoms with Gasteiger partial charge >= 0.3 is 11.8 Å². The summed E-state index contributed by atoms with van der Waals surface area (Å²) in [7, 11) is 0. The molecule has 1 aliphatic rings. The number of nitro groups is 1. The zero-order valence-corrected chi connectivity index (χ0v) is 16.8. The van der Waals surface area contributed by atoms with E-state index in [0.717, 1.165) is 11.1 Å². The minimum Gasteiger partial charge on any atom is -0.465 e. The van der Waals surface area contributed by atoms with Crippen LogP contribution in [-0.2, 0) is 0 Å². The van der Waals surface area contributed by atoms with Crippen molar-refractivity contribution in [2.24, 2.45) is 0 Å². The van der Waals surface area contributed by atoms with Gasteiger partial charge in [0.05, 0.1) is 27.1 Å². The topological polar surface area (TPSA) is 120 Å². The molecule has 9 nitrogen and oxygen atoms in total. The Balaban J connectivity index is 2.26. The number of benzene rings is 1. The molecule has 1 amide bonds. The van der Waals surface area contributed by atoms with Crippen LogP contribution in [0.1, 0.15) is 6.92 Å². The molecule has 2 heterocycles. The Labute approximate surface area is 171 Å². The first-order valence-electron chi connectivity index (χ1n) is 8.15. The number of rotatable bonds is 3. The molecule has 3 rings (SSSR count). The van der Waals surface area contributed by atoms with E-state index in [9.17, 15) is 29.5 Å². The predicted octanol–water partition coefficient (Wildman–Crippen LogP) is 3.25. The lowest BCUT2D eigenvalue weighted by atomic mass is 10.0. The number of carbonyl (C=O) groups is 1. The first-order valence-corrected chi connectivity index (χ1v) is 9.32. The van der Waals surface area contributed by atoms with Crippen LogP contribution in [0.2, 0.25) is 5.02 Å². The lowest BCUT2D eigenvalue weighted by molar-refractivity contribution is -0.384. The maximum atomic E-state index is 14.6. The zero-order chi connectivity index (χ0) is 20.7. The number of fused-ring (bicyclic) bond motifs is 1. The van der Waals surface area contributed by atoms with Crippen LogP contribution in [0.3, 0.4) is 0 Å². The van der Waals surface area contributed by atoms with E-state index in [1.807, 2.05) is 0 Å². The quantitative estimate of drug-likeness (QED) is 0.395. The molecule has 1 aromatic carbocycles. The third kappa shape index (κ3) is 3.33. The van der Waals surface area contributed by atoms with Gasteiger partial charge in [0.25, 0.3) is 0 Å². The van der Waals surface area contributed by atoms with E-state index in [1.54, 1.807) is 6.92 Å². The molecule has 1 aromatic heterocycles. The van der Waals surface area contributed by atoms with Crippen LogP contribution in [-0.4, -0.2) is 62.9 Å². The van der Waals surface area contributed by atoms with Crippen molar-refractivity contribution in [1.82, 2.24) is 9.88 Å². The summed E-state index contributed by atoms with van der Waals surface area (Å²) in [5.74, 6) is -0.767. The number of hydrogen-bond donors (Lipinski definition) is 2. The van der Waals surface area contributed by atoms with E-state index in [1.165, 1.54) is 11.0 Å². The molecule has 0 saturated carbocycles. The molecule has 0 aliphatic carbocycles. The Morgan fingerprint density at radius 3 is 2.79 bits per heavy atom. The molecule has 0 radical (unpaired) electrons. The highest BCUT2D eigenvalue weighted by molar-refractivity contribution is 9.10. The second-order valence-electron chi connectivity index (χ2n) is 6.40. The van der Waals surface area contributed by atoms with Gasteiger partial charge in [-0.05, 0) is 28.9 Å². The lowest BCUT2D eigenvalue weighted by Gasteiger charge is -2.44. The largest absolute Gasteiger partial charge is 0.465 e. The smallest absolute Gasteiger partial charge is 0.407 e. The zero-order valence-electron chi connectivity index (χ0n) is 14.5. The van der Waals surface area contributed by atoms with E-state index < -0.39 is 35.5 Å². The van der Waals surface area contributed by atoms with Gasteiger partial charge < -0.3 is 20.0 Å². The summed E-state index contributed by atoms with van der Waals surface area (Å²) in [4.78, 5) is 28.9. The van der Waals surface area contributed by atoms with Crippen molar-refractivity contribution in [2.75, 3.05) is 24.6 Å². The predicted molar refractivity (Wildman–Crippen MR) is 103 cm³/mol. The number of halogens is 3. The number of aliphatic hydroxyl groups excluding tert-OH is 1. The van der Waals surface area contributed by atoms with Gasteiger partial charge in [-0.3, -0.25) is 10.1 Å². The molecule has 1 fully saturated rings. The highest BCUT2D eigenvalue weighted by Crippen LogP contribution is 2.41. The number of amides is 1. The minimum atomic E-state index is -1.15. The molecule has 1 aliphatic heterocycles. The Kier molecular flexibility index (Phi) is 5.60. The molecule has 0 bridgehead atoms. The lowest BCUT2D eigenvalue weighted by Crippen LogP contribution is -2.60. The summed E-state index contributed by atoms with van der Waals surface area (Å²) in [6, 6.07) is 0.0863. The van der Waals surface area contributed by atoms with Crippen LogP contribution in [0, 0.1) is 15.9 Å². The third-order valence-corrected chi connectivity index (χ3v) is 6.03. The van der Waals surface area contributed by atoms with Gasteiger partial charge in [-0.25, -0.2) is 14.2 Å². The SMILES string of the molecule is C[C@@H]1CN(c2c([N+](=O)[O-])cnc3c(F)c(Br)c(Cl)cc23)[C@@H](CO)CN1C(=O)O. The Morgan fingerprint density at radius 1 is 1.54 bits per heavy atom. The van der Waals surface area contributed by atoms with Gasteiger partial charge in [0.1, 0.15) is 17.4 Å². The number of pyridine rings is 1. The number of anilines is 1. The highest BCUT2D eigenvalue weighted by Gasteiger charge is 2.38. The molecule has 2 aromatic rings. The van der Waals surface area contributed by atoms with Gasteiger partial charge in [0, 0.05) is 24.5 Å². The van der Waals surface area contributed by atoms with E-state index in [-0.39, 0.29) is 44.9 Å². The van der Waals surface area contributed by atoms with Crippen LogP contribution >= 0.6 is 27.5 Å². The molecule has 150 valence electrons. The highest BCUT2D eigenvalue weighted by atomic mass is 79.9. The summed E-state index contributed by atoms with van der Waals surface area (Å²) >= 11 is 9.08. The van der Waals surface area contributed by atoms with Gasteiger partial charge in [0.2, 0.25) is 0 Å². The summed E-state index contributed by atoms with van der Waals surface area (Å²) in [6.45, 7) is 1.19. The summed E-state index contributed by atoms with van der Waals surface area (Å²) in [6.07, 6.45) is -0.207. The van der Waals surface area contributed by atoms with Crippen LogP contribution in [0.5, 0.6) is 0 Å². The fourth-order valence-corrected chi connectivity index (χ4v) is 3.88. The second-order valence-corrected chi connectivity index (χ2v) is 7.60. The average Bonchev–Trinajstić information content (AvgIpc) is 2.64. The van der Waals surface area contributed by atoms with Gasteiger partial charge in [-0.2, -0.15) is 0 Å². The molecule has 0 spiro atoms. The molecule has 0 unspecified atom stereocenters. The van der Waals surface area contributed by atoms with Crippen LogP contribution < -0.4 is 4.90 Å². The first kappa shape index (κ1) is 20.5. The molecule has 2 atom stereocenters. The number of nitrogens with zero attached hydrogens (tertiary/aromatic N) is 4. The van der Waals surface area contributed by atoms with Crippen LogP contribution in [0.25, 0.3) is 10.9 Å². The van der Waals surface area contributed by atoms with E-state index in [4.69, 9.17) is 11.6 Å². The second kappa shape index (κ2) is 7.64. The van der Waals surface area contributed by atoms with Crippen molar-refractivity contribution >= 4 is 55.9 Å². The Morgan fingerprint density at radius 2 is 2.21 bits per heavy atom. The van der Waals surface area contributed by atoms with E-state index in [2.05, 4.69) is 20.9 Å². The van der Waals surface area contributed by atoms with Crippen molar-refractivity contribution in [3.05, 3.63) is 37.7 Å². The summed E-state index contributed by atoms with van der Waals surface area (Å²) in [5.41, 5.74) is -0.471. The van der Waals surface area contributed by atoms with Gasteiger partial charge in [-0.1, -0.05) is 11.6 Å². The van der Waals surface area contributed by atoms with Crippen molar-refractivity contribution in [3.8, 4) is 0 Å². The summed E-state index contributed by atoms with van der Waals surface area (Å²) < 4.78 is 14.6. The van der Waals surface area contributed by atoms with Crippen molar-refractivity contribution in [3.63, 3.8) is 0 Å². The molecular formula is C16H15BrClFN4O5. The third-order valence-electron chi connectivity index (χ3n) is 4.73. The monoisotopic (exact) mass is 476 g/mol. The van der Waals surface area contributed by atoms with Gasteiger partial charge in [0.15, 0.2) is 5.82 Å². The average molecular weight is 478 g/mol. The summed E-state index contributed by atoms with van der Waals surface area (Å²) in [5, 5.41) is 30.9. The van der Waals surface area contributed by atoms with Crippen LogP contribution in [0.4, 0.5) is 20.6 Å². The standard InChI is InChI=1S/C16H15BrClFN4O5/c1-7-4-22(8(6-24)5-21(7)16(25)26)15-9-2-10(18)12(17)13(19)14(9)20-3-11(15)23(27)28/h2-3,7-8,24H,4-6H2,1H3,(H,25,26)/t7-,8-/m1/s1.